The first-order valence-corrected chi connectivity index (χ1v) is 8.72. The van der Waals surface area contributed by atoms with Crippen molar-refractivity contribution in [1.29, 1.82) is 0 Å². The summed E-state index contributed by atoms with van der Waals surface area (Å²) in [6, 6.07) is 0.674. The van der Waals surface area contributed by atoms with Crippen LogP contribution in [-0.4, -0.2) is 59.4 Å². The van der Waals surface area contributed by atoms with Gasteiger partial charge in [0.2, 0.25) is 11.8 Å². The molecule has 1 amide bonds. The Morgan fingerprint density at radius 1 is 1.38 bits per heavy atom. The van der Waals surface area contributed by atoms with Crippen LogP contribution in [0.5, 0.6) is 5.88 Å². The zero-order chi connectivity index (χ0) is 17.7. The number of aryl methyl sites for hydroxylation is 2. The summed E-state index contributed by atoms with van der Waals surface area (Å²) in [5.41, 5.74) is 2.13. The van der Waals surface area contributed by atoms with Gasteiger partial charge in [-0.1, -0.05) is 0 Å². The zero-order valence-corrected chi connectivity index (χ0v) is 15.6. The SMILES string of the molecule is COc1c(CNC2CCN(CC(=O)NC(C)C)CC2)c(C)nn1C. The quantitative estimate of drug-likeness (QED) is 0.771. The number of hydrogen-bond acceptors (Lipinski definition) is 5. The summed E-state index contributed by atoms with van der Waals surface area (Å²) in [6.45, 7) is 9.15. The predicted octanol–water partition coefficient (Wildman–Crippen LogP) is 0.816. The normalized spacial score (nSPS) is 16.6. The minimum Gasteiger partial charge on any atom is -0.481 e. The fourth-order valence-electron chi connectivity index (χ4n) is 3.25. The molecule has 1 aromatic rings. The van der Waals surface area contributed by atoms with Crippen LogP contribution in [0.4, 0.5) is 0 Å². The second kappa shape index (κ2) is 8.48. The van der Waals surface area contributed by atoms with Crippen LogP contribution in [0.3, 0.4) is 0 Å². The maximum absolute atomic E-state index is 11.8. The molecule has 136 valence electrons. The Balaban J connectivity index is 1.77. The predicted molar refractivity (Wildman–Crippen MR) is 94.1 cm³/mol. The maximum atomic E-state index is 11.8. The molecule has 1 aromatic heterocycles. The maximum Gasteiger partial charge on any atom is 0.234 e. The number of piperidine rings is 1. The van der Waals surface area contributed by atoms with Crippen LogP contribution in [0.15, 0.2) is 0 Å². The van der Waals surface area contributed by atoms with Crippen LogP contribution in [0.25, 0.3) is 0 Å². The number of hydrogen-bond donors (Lipinski definition) is 2. The Bertz CT molecular complexity index is 547. The molecule has 2 rings (SSSR count). The van der Waals surface area contributed by atoms with Gasteiger partial charge < -0.3 is 15.4 Å². The summed E-state index contributed by atoms with van der Waals surface area (Å²) < 4.78 is 7.22. The van der Waals surface area contributed by atoms with E-state index in [4.69, 9.17) is 4.74 Å². The smallest absolute Gasteiger partial charge is 0.234 e. The molecule has 1 saturated heterocycles. The average Bonchev–Trinajstić information content (AvgIpc) is 2.78. The number of amides is 1. The fourth-order valence-corrected chi connectivity index (χ4v) is 3.25. The number of aromatic nitrogens is 2. The Morgan fingerprint density at radius 2 is 2.04 bits per heavy atom. The molecule has 1 fully saturated rings. The Hall–Kier alpha value is -1.60. The van der Waals surface area contributed by atoms with Gasteiger partial charge in [-0.25, -0.2) is 4.68 Å². The number of methoxy groups -OCH3 is 1. The molecule has 24 heavy (non-hydrogen) atoms. The van der Waals surface area contributed by atoms with Gasteiger partial charge in [0, 0.05) is 38.8 Å². The van der Waals surface area contributed by atoms with Gasteiger partial charge in [-0.05, 0) is 33.6 Å². The number of carbonyl (C=O) groups excluding carboxylic acids is 1. The first-order valence-electron chi connectivity index (χ1n) is 8.72. The van der Waals surface area contributed by atoms with Crippen LogP contribution in [0.2, 0.25) is 0 Å². The van der Waals surface area contributed by atoms with Gasteiger partial charge in [-0.15, -0.1) is 0 Å². The summed E-state index contributed by atoms with van der Waals surface area (Å²) >= 11 is 0. The Labute approximate surface area is 144 Å². The summed E-state index contributed by atoms with van der Waals surface area (Å²) in [7, 11) is 3.58. The van der Waals surface area contributed by atoms with Crippen molar-refractivity contribution in [3.63, 3.8) is 0 Å². The summed E-state index contributed by atoms with van der Waals surface area (Å²) in [5, 5.41) is 11.0. The van der Waals surface area contributed by atoms with Crippen molar-refractivity contribution in [2.45, 2.75) is 52.2 Å². The van der Waals surface area contributed by atoms with Gasteiger partial charge in [0.15, 0.2) is 0 Å². The number of carbonyl (C=O) groups is 1. The van der Waals surface area contributed by atoms with E-state index in [2.05, 4.69) is 20.6 Å². The molecule has 1 aliphatic rings. The second-order valence-corrected chi connectivity index (χ2v) is 6.85. The average molecular weight is 337 g/mol. The van der Waals surface area contributed by atoms with Crippen LogP contribution in [0, 0.1) is 6.92 Å². The van der Waals surface area contributed by atoms with E-state index in [1.165, 1.54) is 0 Å². The van der Waals surface area contributed by atoms with E-state index < -0.39 is 0 Å². The van der Waals surface area contributed by atoms with E-state index in [1.54, 1.807) is 11.8 Å². The minimum atomic E-state index is 0.118. The molecule has 2 heterocycles. The van der Waals surface area contributed by atoms with E-state index in [0.29, 0.717) is 12.6 Å². The zero-order valence-electron chi connectivity index (χ0n) is 15.6. The van der Waals surface area contributed by atoms with Gasteiger partial charge in [0.25, 0.3) is 0 Å². The molecule has 0 aromatic carbocycles. The van der Waals surface area contributed by atoms with Gasteiger partial charge in [0.05, 0.1) is 24.9 Å². The highest BCUT2D eigenvalue weighted by atomic mass is 16.5. The number of nitrogens with zero attached hydrogens (tertiary/aromatic N) is 3. The molecule has 0 unspecified atom stereocenters. The van der Waals surface area contributed by atoms with Crippen LogP contribution < -0.4 is 15.4 Å². The van der Waals surface area contributed by atoms with E-state index in [0.717, 1.165) is 49.6 Å². The Kier molecular flexibility index (Phi) is 6.62. The number of likely N-dealkylation sites (tertiary alicyclic amines) is 1. The van der Waals surface area contributed by atoms with Crippen molar-refractivity contribution in [3.05, 3.63) is 11.3 Å². The molecule has 0 atom stereocenters. The first kappa shape index (κ1) is 18.7. The van der Waals surface area contributed by atoms with E-state index in [9.17, 15) is 4.79 Å². The molecule has 2 N–H and O–H groups in total. The third-order valence-corrected chi connectivity index (χ3v) is 4.45. The molecule has 7 nitrogen and oxygen atoms in total. The van der Waals surface area contributed by atoms with Crippen molar-refractivity contribution in [2.75, 3.05) is 26.7 Å². The van der Waals surface area contributed by atoms with Gasteiger partial charge in [-0.3, -0.25) is 9.69 Å². The molecular weight excluding hydrogens is 306 g/mol. The standard InChI is InChI=1S/C17H31N5O2/c1-12(2)19-16(23)11-22-8-6-14(7-9-22)18-10-15-13(3)20-21(4)17(15)24-5/h12,14,18H,6-11H2,1-5H3,(H,19,23). The minimum absolute atomic E-state index is 0.118. The van der Waals surface area contributed by atoms with Gasteiger partial charge in [-0.2, -0.15) is 5.10 Å². The lowest BCUT2D eigenvalue weighted by atomic mass is 10.0. The summed E-state index contributed by atoms with van der Waals surface area (Å²) in [4.78, 5) is 14.1. The molecule has 0 bridgehead atoms. The molecular formula is C17H31N5O2. The lowest BCUT2D eigenvalue weighted by molar-refractivity contribution is -0.123. The van der Waals surface area contributed by atoms with Crippen molar-refractivity contribution < 1.29 is 9.53 Å². The van der Waals surface area contributed by atoms with Crippen molar-refractivity contribution in [3.8, 4) is 5.88 Å². The molecule has 7 heteroatoms. The summed E-state index contributed by atoms with van der Waals surface area (Å²) in [5.74, 6) is 0.940. The lowest BCUT2D eigenvalue weighted by Crippen LogP contribution is -2.46. The highest BCUT2D eigenvalue weighted by Gasteiger charge is 2.22. The first-order chi connectivity index (χ1) is 11.4. The summed E-state index contributed by atoms with van der Waals surface area (Å²) in [6.07, 6.45) is 2.10. The molecule has 0 saturated carbocycles. The molecule has 1 aliphatic heterocycles. The Morgan fingerprint density at radius 3 is 2.62 bits per heavy atom. The molecule has 0 aliphatic carbocycles. The third kappa shape index (κ3) is 4.95. The third-order valence-electron chi connectivity index (χ3n) is 4.45. The van der Waals surface area contributed by atoms with E-state index in [-0.39, 0.29) is 11.9 Å². The number of nitrogens with one attached hydrogen (secondary N) is 2. The van der Waals surface area contributed by atoms with Crippen LogP contribution >= 0.6 is 0 Å². The van der Waals surface area contributed by atoms with Crippen LogP contribution in [0.1, 0.15) is 37.9 Å². The number of rotatable bonds is 7. The van der Waals surface area contributed by atoms with Crippen molar-refractivity contribution in [2.24, 2.45) is 7.05 Å². The van der Waals surface area contributed by atoms with Crippen molar-refractivity contribution in [1.82, 2.24) is 25.3 Å². The lowest BCUT2D eigenvalue weighted by Gasteiger charge is -2.32. The monoisotopic (exact) mass is 337 g/mol. The van der Waals surface area contributed by atoms with Crippen molar-refractivity contribution >= 4 is 5.91 Å². The van der Waals surface area contributed by atoms with E-state index >= 15 is 0 Å². The highest BCUT2D eigenvalue weighted by Crippen LogP contribution is 2.21. The largest absolute Gasteiger partial charge is 0.481 e. The second-order valence-electron chi connectivity index (χ2n) is 6.85. The topological polar surface area (TPSA) is 71.4 Å². The fraction of sp³-hybridized carbons (Fsp3) is 0.765. The van der Waals surface area contributed by atoms with Gasteiger partial charge >= 0.3 is 0 Å². The molecule has 0 spiro atoms. The van der Waals surface area contributed by atoms with Crippen LogP contribution in [-0.2, 0) is 18.4 Å². The number of ether oxygens (including phenoxy) is 1. The highest BCUT2D eigenvalue weighted by molar-refractivity contribution is 5.78. The van der Waals surface area contributed by atoms with Gasteiger partial charge in [0.1, 0.15) is 0 Å². The van der Waals surface area contributed by atoms with E-state index in [1.807, 2.05) is 27.8 Å². The molecule has 0 radical (unpaired) electrons.